The van der Waals surface area contributed by atoms with Gasteiger partial charge in [0, 0.05) is 31.9 Å². The lowest BCUT2D eigenvalue weighted by Crippen LogP contribution is -2.27. The summed E-state index contributed by atoms with van der Waals surface area (Å²) in [5.74, 6) is 0. The summed E-state index contributed by atoms with van der Waals surface area (Å²) in [7, 11) is 0. The fourth-order valence-corrected chi connectivity index (χ4v) is 1.51. The molecule has 0 fully saturated rings. The van der Waals surface area contributed by atoms with Gasteiger partial charge in [0.1, 0.15) is 0 Å². The highest BCUT2D eigenvalue weighted by molar-refractivity contribution is 4.98. The Morgan fingerprint density at radius 2 is 2.40 bits per heavy atom. The molecule has 2 N–H and O–H groups in total. The minimum absolute atomic E-state index is 0.238. The molecule has 0 aliphatic heterocycles. The highest BCUT2D eigenvalue weighted by Gasteiger charge is 2.04. The number of aliphatic hydroxyl groups excluding tert-OH is 1. The molecule has 0 amide bonds. The standard InChI is InChI=1S/C11H21N3O/c1-3-5-14-9-12-7-11(14)8-13-10(2)4-6-15/h7,9-10,13,15H,3-6,8H2,1-2H3. The molecule has 1 aromatic heterocycles. The van der Waals surface area contributed by atoms with Crippen LogP contribution in [0.3, 0.4) is 0 Å². The Morgan fingerprint density at radius 3 is 3.07 bits per heavy atom. The quantitative estimate of drug-likeness (QED) is 0.711. The molecule has 1 unspecified atom stereocenters. The number of aliphatic hydroxyl groups is 1. The SMILES string of the molecule is CCCn1cncc1CNC(C)CCO. The maximum atomic E-state index is 8.78. The Balaban J connectivity index is 2.39. The number of aryl methyl sites for hydroxylation is 1. The molecule has 0 saturated carbocycles. The molecule has 1 rings (SSSR count). The molecule has 0 aromatic carbocycles. The molecule has 1 atom stereocenters. The lowest BCUT2D eigenvalue weighted by molar-refractivity contribution is 0.268. The van der Waals surface area contributed by atoms with E-state index in [-0.39, 0.29) is 6.61 Å². The molecular formula is C11H21N3O. The van der Waals surface area contributed by atoms with Gasteiger partial charge in [-0.05, 0) is 19.8 Å². The average Bonchev–Trinajstić information content (AvgIpc) is 2.64. The van der Waals surface area contributed by atoms with Gasteiger partial charge < -0.3 is 15.0 Å². The van der Waals surface area contributed by atoms with Gasteiger partial charge in [-0.15, -0.1) is 0 Å². The Bertz CT molecular complexity index is 273. The van der Waals surface area contributed by atoms with Gasteiger partial charge in [0.2, 0.25) is 0 Å². The highest BCUT2D eigenvalue weighted by atomic mass is 16.3. The summed E-state index contributed by atoms with van der Waals surface area (Å²) in [6, 6.07) is 0.347. The Morgan fingerprint density at radius 1 is 1.60 bits per heavy atom. The zero-order valence-corrected chi connectivity index (χ0v) is 9.61. The van der Waals surface area contributed by atoms with E-state index in [0.717, 1.165) is 25.9 Å². The van der Waals surface area contributed by atoms with Crippen LogP contribution >= 0.6 is 0 Å². The number of rotatable bonds is 7. The van der Waals surface area contributed by atoms with E-state index in [1.165, 1.54) is 5.69 Å². The van der Waals surface area contributed by atoms with Gasteiger partial charge in [-0.2, -0.15) is 0 Å². The number of nitrogens with zero attached hydrogens (tertiary/aromatic N) is 2. The largest absolute Gasteiger partial charge is 0.396 e. The number of hydrogen-bond acceptors (Lipinski definition) is 3. The molecule has 0 radical (unpaired) electrons. The van der Waals surface area contributed by atoms with Crippen molar-refractivity contribution in [3.63, 3.8) is 0 Å². The molecule has 1 heterocycles. The Kier molecular flexibility index (Phi) is 5.36. The van der Waals surface area contributed by atoms with Crippen molar-refractivity contribution in [1.82, 2.24) is 14.9 Å². The zero-order chi connectivity index (χ0) is 11.1. The van der Waals surface area contributed by atoms with Crippen LogP contribution in [0.15, 0.2) is 12.5 Å². The first-order chi connectivity index (χ1) is 7.27. The fraction of sp³-hybridized carbons (Fsp3) is 0.727. The minimum Gasteiger partial charge on any atom is -0.396 e. The first kappa shape index (κ1) is 12.2. The smallest absolute Gasteiger partial charge is 0.0948 e. The molecule has 86 valence electrons. The van der Waals surface area contributed by atoms with Crippen LogP contribution in [-0.2, 0) is 13.1 Å². The molecule has 4 nitrogen and oxygen atoms in total. The molecule has 1 aromatic rings. The van der Waals surface area contributed by atoms with Crippen LogP contribution in [0.2, 0.25) is 0 Å². The van der Waals surface area contributed by atoms with E-state index in [2.05, 4.69) is 28.7 Å². The lowest BCUT2D eigenvalue weighted by Gasteiger charge is -2.13. The molecule has 15 heavy (non-hydrogen) atoms. The third kappa shape index (κ3) is 4.01. The number of aromatic nitrogens is 2. The average molecular weight is 211 g/mol. The van der Waals surface area contributed by atoms with E-state index < -0.39 is 0 Å². The van der Waals surface area contributed by atoms with Crippen molar-refractivity contribution in [3.8, 4) is 0 Å². The number of imidazole rings is 1. The van der Waals surface area contributed by atoms with Crippen molar-refractivity contribution >= 4 is 0 Å². The van der Waals surface area contributed by atoms with E-state index in [4.69, 9.17) is 5.11 Å². The number of nitrogens with one attached hydrogen (secondary N) is 1. The summed E-state index contributed by atoms with van der Waals surface area (Å²) >= 11 is 0. The zero-order valence-electron chi connectivity index (χ0n) is 9.61. The van der Waals surface area contributed by atoms with Gasteiger partial charge >= 0.3 is 0 Å². The van der Waals surface area contributed by atoms with Crippen LogP contribution in [0.25, 0.3) is 0 Å². The van der Waals surface area contributed by atoms with Gasteiger partial charge in [-0.1, -0.05) is 6.92 Å². The van der Waals surface area contributed by atoms with Crippen LogP contribution < -0.4 is 5.32 Å². The maximum absolute atomic E-state index is 8.78. The van der Waals surface area contributed by atoms with E-state index in [0.29, 0.717) is 6.04 Å². The molecule has 0 spiro atoms. The normalized spacial score (nSPS) is 13.0. The molecule has 4 heteroatoms. The van der Waals surface area contributed by atoms with Gasteiger partial charge in [0.25, 0.3) is 0 Å². The lowest BCUT2D eigenvalue weighted by atomic mass is 10.2. The summed E-state index contributed by atoms with van der Waals surface area (Å²) < 4.78 is 2.17. The van der Waals surface area contributed by atoms with Crippen molar-refractivity contribution in [1.29, 1.82) is 0 Å². The number of hydrogen-bond donors (Lipinski definition) is 2. The molecule has 0 saturated heterocycles. The second-order valence-electron chi connectivity index (χ2n) is 3.87. The van der Waals surface area contributed by atoms with E-state index in [9.17, 15) is 0 Å². The topological polar surface area (TPSA) is 50.1 Å². The summed E-state index contributed by atoms with van der Waals surface area (Å²) in [4.78, 5) is 4.14. The predicted molar refractivity (Wildman–Crippen MR) is 60.5 cm³/mol. The third-order valence-corrected chi connectivity index (χ3v) is 2.46. The van der Waals surface area contributed by atoms with Crippen molar-refractivity contribution in [2.24, 2.45) is 0 Å². The molecule has 0 bridgehead atoms. The first-order valence-corrected chi connectivity index (χ1v) is 5.61. The van der Waals surface area contributed by atoms with Crippen molar-refractivity contribution in [2.45, 2.75) is 45.8 Å². The molecule has 0 aliphatic rings. The summed E-state index contributed by atoms with van der Waals surface area (Å²) in [5.41, 5.74) is 1.21. The monoisotopic (exact) mass is 211 g/mol. The minimum atomic E-state index is 0.238. The Hall–Kier alpha value is -0.870. The summed E-state index contributed by atoms with van der Waals surface area (Å²) in [5, 5.41) is 12.1. The highest BCUT2D eigenvalue weighted by Crippen LogP contribution is 2.01. The van der Waals surface area contributed by atoms with Gasteiger partial charge in [-0.3, -0.25) is 0 Å². The summed E-state index contributed by atoms with van der Waals surface area (Å²) in [6.45, 7) is 6.32. The van der Waals surface area contributed by atoms with Crippen LogP contribution in [-0.4, -0.2) is 27.3 Å². The molecule has 0 aliphatic carbocycles. The van der Waals surface area contributed by atoms with Crippen LogP contribution in [0, 0.1) is 0 Å². The van der Waals surface area contributed by atoms with Crippen molar-refractivity contribution in [3.05, 3.63) is 18.2 Å². The second-order valence-corrected chi connectivity index (χ2v) is 3.87. The van der Waals surface area contributed by atoms with Gasteiger partial charge in [0.15, 0.2) is 0 Å². The van der Waals surface area contributed by atoms with E-state index in [1.54, 1.807) is 0 Å². The van der Waals surface area contributed by atoms with Gasteiger partial charge in [0.05, 0.1) is 12.0 Å². The third-order valence-electron chi connectivity index (χ3n) is 2.46. The van der Waals surface area contributed by atoms with E-state index in [1.807, 2.05) is 12.5 Å². The fourth-order valence-electron chi connectivity index (χ4n) is 1.51. The predicted octanol–water partition coefficient (Wildman–Crippen LogP) is 1.15. The molecular weight excluding hydrogens is 190 g/mol. The Labute approximate surface area is 91.3 Å². The van der Waals surface area contributed by atoms with Crippen LogP contribution in [0.1, 0.15) is 32.4 Å². The van der Waals surface area contributed by atoms with Crippen molar-refractivity contribution < 1.29 is 5.11 Å². The van der Waals surface area contributed by atoms with E-state index >= 15 is 0 Å². The summed E-state index contributed by atoms with van der Waals surface area (Å²) in [6.07, 6.45) is 5.68. The van der Waals surface area contributed by atoms with Crippen molar-refractivity contribution in [2.75, 3.05) is 6.61 Å². The second kappa shape index (κ2) is 6.58. The maximum Gasteiger partial charge on any atom is 0.0948 e. The van der Waals surface area contributed by atoms with Crippen LogP contribution in [0.4, 0.5) is 0 Å². The van der Waals surface area contributed by atoms with Crippen LogP contribution in [0.5, 0.6) is 0 Å². The first-order valence-electron chi connectivity index (χ1n) is 5.61. The van der Waals surface area contributed by atoms with Gasteiger partial charge in [-0.25, -0.2) is 4.98 Å².